The number of hydrogen-bond donors (Lipinski definition) is 1. The molecule has 0 aliphatic heterocycles. The molecule has 1 aliphatic rings. The molecule has 2 N–H and O–H groups in total. The van der Waals surface area contributed by atoms with E-state index in [1.165, 1.54) is 19.3 Å². The van der Waals surface area contributed by atoms with E-state index in [1.54, 1.807) is 0 Å². The molecule has 0 bridgehead atoms. The van der Waals surface area contributed by atoms with Crippen molar-refractivity contribution in [3.63, 3.8) is 0 Å². The minimum atomic E-state index is 0.0680. The number of nitrogens with zero attached hydrogens (tertiary/aromatic N) is 2. The lowest BCUT2D eigenvalue weighted by Crippen LogP contribution is -2.29. The molecule has 0 spiro atoms. The second kappa shape index (κ2) is 4.83. The van der Waals surface area contributed by atoms with E-state index in [-0.39, 0.29) is 6.04 Å². The molecular weight excluding hydrogens is 198 g/mol. The van der Waals surface area contributed by atoms with Crippen LogP contribution in [0.25, 0.3) is 0 Å². The number of hydrogen-bond acceptors (Lipinski definition) is 3. The summed E-state index contributed by atoms with van der Waals surface area (Å²) < 4.78 is 0. The average Bonchev–Trinajstić information content (AvgIpc) is 2.23. The maximum atomic E-state index is 5.80. The summed E-state index contributed by atoms with van der Waals surface area (Å²) >= 11 is 0. The zero-order chi connectivity index (χ0) is 11.5. The fraction of sp³-hybridized carbons (Fsp3) is 0.615. The van der Waals surface area contributed by atoms with Crippen molar-refractivity contribution in [2.24, 2.45) is 11.7 Å². The van der Waals surface area contributed by atoms with Gasteiger partial charge in [0.25, 0.3) is 0 Å². The van der Waals surface area contributed by atoms with Crippen LogP contribution < -0.4 is 10.6 Å². The Morgan fingerprint density at radius 2 is 2.25 bits per heavy atom. The Balaban J connectivity index is 1.97. The zero-order valence-corrected chi connectivity index (χ0v) is 10.2. The minimum absolute atomic E-state index is 0.0680. The molecule has 88 valence electrons. The first-order valence-corrected chi connectivity index (χ1v) is 6.09. The van der Waals surface area contributed by atoms with E-state index in [4.69, 9.17) is 5.73 Å². The van der Waals surface area contributed by atoms with Crippen LogP contribution in [0.3, 0.4) is 0 Å². The molecular formula is C13H21N3. The summed E-state index contributed by atoms with van der Waals surface area (Å²) in [5, 5.41) is 0. The molecule has 3 nitrogen and oxygen atoms in total. The summed E-state index contributed by atoms with van der Waals surface area (Å²) in [6.07, 6.45) is 6.04. The van der Waals surface area contributed by atoms with Gasteiger partial charge in [0.1, 0.15) is 5.82 Å². The van der Waals surface area contributed by atoms with Crippen LogP contribution in [0.5, 0.6) is 0 Å². The summed E-state index contributed by atoms with van der Waals surface area (Å²) in [5.41, 5.74) is 6.90. The summed E-state index contributed by atoms with van der Waals surface area (Å²) in [6, 6.07) is 4.21. The van der Waals surface area contributed by atoms with E-state index in [0.717, 1.165) is 23.8 Å². The van der Waals surface area contributed by atoms with Crippen LogP contribution in [-0.4, -0.2) is 18.6 Å². The predicted octanol–water partition coefficient (Wildman–Crippen LogP) is 2.34. The highest BCUT2D eigenvalue weighted by Crippen LogP contribution is 2.27. The minimum Gasteiger partial charge on any atom is -0.359 e. The SMILES string of the molecule is CC(N)c1ccc(N(C)CC2CCC2)nc1. The molecule has 1 aromatic rings. The third-order valence-corrected chi connectivity index (χ3v) is 3.44. The van der Waals surface area contributed by atoms with E-state index in [9.17, 15) is 0 Å². The van der Waals surface area contributed by atoms with Gasteiger partial charge < -0.3 is 10.6 Å². The number of nitrogens with two attached hydrogens (primary N) is 1. The van der Waals surface area contributed by atoms with E-state index in [2.05, 4.69) is 29.1 Å². The van der Waals surface area contributed by atoms with Gasteiger partial charge in [-0.3, -0.25) is 0 Å². The van der Waals surface area contributed by atoms with Crippen molar-refractivity contribution in [1.29, 1.82) is 0 Å². The van der Waals surface area contributed by atoms with Crippen LogP contribution in [0, 0.1) is 5.92 Å². The Morgan fingerprint density at radius 1 is 1.50 bits per heavy atom. The second-order valence-electron chi connectivity index (χ2n) is 4.92. The molecule has 16 heavy (non-hydrogen) atoms. The van der Waals surface area contributed by atoms with E-state index in [0.29, 0.717) is 0 Å². The highest BCUT2D eigenvalue weighted by atomic mass is 15.2. The van der Waals surface area contributed by atoms with Gasteiger partial charge in [-0.05, 0) is 37.3 Å². The van der Waals surface area contributed by atoms with Crippen LogP contribution in [0.1, 0.15) is 37.8 Å². The maximum Gasteiger partial charge on any atom is 0.128 e. The van der Waals surface area contributed by atoms with Gasteiger partial charge in [0.05, 0.1) is 0 Å². The second-order valence-corrected chi connectivity index (χ2v) is 4.92. The van der Waals surface area contributed by atoms with Crippen LogP contribution in [-0.2, 0) is 0 Å². The van der Waals surface area contributed by atoms with Crippen molar-refractivity contribution in [3.8, 4) is 0 Å². The lowest BCUT2D eigenvalue weighted by molar-refractivity contribution is 0.321. The Hall–Kier alpha value is -1.09. The first-order chi connectivity index (χ1) is 7.66. The molecule has 0 aromatic carbocycles. The fourth-order valence-electron chi connectivity index (χ4n) is 2.05. The van der Waals surface area contributed by atoms with Crippen molar-refractivity contribution >= 4 is 5.82 Å². The molecule has 1 atom stereocenters. The van der Waals surface area contributed by atoms with Gasteiger partial charge in [-0.2, -0.15) is 0 Å². The first kappa shape index (κ1) is 11.4. The fourth-order valence-corrected chi connectivity index (χ4v) is 2.05. The van der Waals surface area contributed by atoms with Gasteiger partial charge in [0, 0.05) is 25.8 Å². The number of aromatic nitrogens is 1. The molecule has 2 rings (SSSR count). The van der Waals surface area contributed by atoms with Crippen molar-refractivity contribution < 1.29 is 0 Å². The molecule has 1 aromatic heterocycles. The van der Waals surface area contributed by atoms with E-state index < -0.39 is 0 Å². The average molecular weight is 219 g/mol. The lowest BCUT2D eigenvalue weighted by atomic mass is 9.85. The van der Waals surface area contributed by atoms with Gasteiger partial charge in [0.2, 0.25) is 0 Å². The molecule has 0 saturated heterocycles. The standard InChI is InChI=1S/C13H21N3/c1-10(14)12-6-7-13(15-8-12)16(2)9-11-4-3-5-11/h6-8,10-11H,3-5,9,14H2,1-2H3. The number of anilines is 1. The predicted molar refractivity (Wildman–Crippen MR) is 67.5 cm³/mol. The van der Waals surface area contributed by atoms with Crippen LogP contribution in [0.4, 0.5) is 5.82 Å². The highest BCUT2D eigenvalue weighted by molar-refractivity contribution is 5.38. The molecule has 1 aliphatic carbocycles. The third-order valence-electron chi connectivity index (χ3n) is 3.44. The molecule has 1 heterocycles. The molecule has 3 heteroatoms. The molecule has 1 fully saturated rings. The lowest BCUT2D eigenvalue weighted by Gasteiger charge is -2.30. The Kier molecular flexibility index (Phi) is 3.44. The van der Waals surface area contributed by atoms with Crippen LogP contribution in [0.15, 0.2) is 18.3 Å². The van der Waals surface area contributed by atoms with Gasteiger partial charge >= 0.3 is 0 Å². The van der Waals surface area contributed by atoms with Gasteiger partial charge in [-0.25, -0.2) is 4.98 Å². The highest BCUT2D eigenvalue weighted by Gasteiger charge is 2.19. The Bertz CT molecular complexity index is 328. The smallest absolute Gasteiger partial charge is 0.128 e. The Labute approximate surface area is 97.7 Å². The third kappa shape index (κ3) is 2.53. The number of rotatable bonds is 4. The zero-order valence-electron chi connectivity index (χ0n) is 10.2. The van der Waals surface area contributed by atoms with Gasteiger partial charge in [-0.15, -0.1) is 0 Å². The van der Waals surface area contributed by atoms with Crippen molar-refractivity contribution in [2.75, 3.05) is 18.5 Å². The van der Waals surface area contributed by atoms with Gasteiger partial charge in [-0.1, -0.05) is 12.5 Å². The van der Waals surface area contributed by atoms with Crippen molar-refractivity contribution in [2.45, 2.75) is 32.2 Å². The first-order valence-electron chi connectivity index (χ1n) is 6.09. The summed E-state index contributed by atoms with van der Waals surface area (Å²) in [7, 11) is 2.12. The monoisotopic (exact) mass is 219 g/mol. The maximum absolute atomic E-state index is 5.80. The summed E-state index contributed by atoms with van der Waals surface area (Å²) in [5.74, 6) is 1.93. The van der Waals surface area contributed by atoms with Crippen LogP contribution >= 0.6 is 0 Å². The van der Waals surface area contributed by atoms with Crippen LogP contribution in [0.2, 0.25) is 0 Å². The summed E-state index contributed by atoms with van der Waals surface area (Å²) in [4.78, 5) is 6.70. The quantitative estimate of drug-likeness (QED) is 0.845. The molecule has 1 saturated carbocycles. The van der Waals surface area contributed by atoms with E-state index >= 15 is 0 Å². The largest absolute Gasteiger partial charge is 0.359 e. The normalized spacial score (nSPS) is 17.9. The molecule has 0 radical (unpaired) electrons. The summed E-state index contributed by atoms with van der Waals surface area (Å²) in [6.45, 7) is 3.11. The number of pyridine rings is 1. The topological polar surface area (TPSA) is 42.1 Å². The van der Waals surface area contributed by atoms with Gasteiger partial charge in [0.15, 0.2) is 0 Å². The van der Waals surface area contributed by atoms with Crippen molar-refractivity contribution in [1.82, 2.24) is 4.98 Å². The van der Waals surface area contributed by atoms with Crippen molar-refractivity contribution in [3.05, 3.63) is 23.9 Å². The molecule has 0 amide bonds. The Morgan fingerprint density at radius 3 is 2.69 bits per heavy atom. The molecule has 1 unspecified atom stereocenters. The van der Waals surface area contributed by atoms with E-state index in [1.807, 2.05) is 13.1 Å².